The van der Waals surface area contributed by atoms with Crippen molar-refractivity contribution in [3.05, 3.63) is 28.2 Å². The van der Waals surface area contributed by atoms with Gasteiger partial charge in [0.05, 0.1) is 11.3 Å². The first kappa shape index (κ1) is 14.8. The maximum absolute atomic E-state index is 12.4. The highest BCUT2D eigenvalue weighted by atomic mass is 79.9. The van der Waals surface area contributed by atoms with E-state index in [4.69, 9.17) is 5.21 Å². The number of phenolic OH excluding ortho intramolecular Hbond substituents is 1. The van der Waals surface area contributed by atoms with E-state index < -0.39 is 0 Å². The number of aromatic hydroxyl groups is 1. The van der Waals surface area contributed by atoms with Gasteiger partial charge in [-0.05, 0) is 24.6 Å². The number of rotatable bonds is 2. The standard InChI is InChI=1S/C14H17BrN2O3/c1-2-9-8-17(6-5-12(9)16-20)14(19)11-4-3-10(15)7-13(11)18/h3-4,7,9,18,20H,2,5-6,8H2,1H3/b16-12+. The van der Waals surface area contributed by atoms with Gasteiger partial charge in [-0.2, -0.15) is 0 Å². The predicted molar refractivity (Wildman–Crippen MR) is 79.3 cm³/mol. The summed E-state index contributed by atoms with van der Waals surface area (Å²) in [6, 6.07) is 4.85. The molecule has 1 saturated heterocycles. The molecule has 0 saturated carbocycles. The van der Waals surface area contributed by atoms with Gasteiger partial charge in [0.25, 0.3) is 5.91 Å². The van der Waals surface area contributed by atoms with E-state index in [0.29, 0.717) is 25.1 Å². The van der Waals surface area contributed by atoms with Crippen LogP contribution in [-0.4, -0.2) is 39.9 Å². The lowest BCUT2D eigenvalue weighted by Crippen LogP contribution is -2.44. The summed E-state index contributed by atoms with van der Waals surface area (Å²) in [5, 5.41) is 22.1. The van der Waals surface area contributed by atoms with Gasteiger partial charge >= 0.3 is 0 Å². The zero-order chi connectivity index (χ0) is 14.7. The Labute approximate surface area is 126 Å². The SMILES string of the molecule is CCC1CN(C(=O)c2ccc(Br)cc2O)CC/C1=N\O. The first-order chi connectivity index (χ1) is 9.56. The van der Waals surface area contributed by atoms with Crippen LogP contribution in [0.4, 0.5) is 0 Å². The molecule has 2 rings (SSSR count). The molecule has 20 heavy (non-hydrogen) atoms. The monoisotopic (exact) mass is 340 g/mol. The average molecular weight is 341 g/mol. The number of benzene rings is 1. The topological polar surface area (TPSA) is 73.1 Å². The molecule has 0 bridgehead atoms. The number of hydrogen-bond acceptors (Lipinski definition) is 4. The fourth-order valence-corrected chi connectivity index (χ4v) is 2.80. The zero-order valence-electron chi connectivity index (χ0n) is 11.2. The molecule has 1 aliphatic rings. The molecule has 1 aromatic carbocycles. The molecule has 1 aliphatic heterocycles. The average Bonchev–Trinajstić information content (AvgIpc) is 2.45. The van der Waals surface area contributed by atoms with Gasteiger partial charge in [0, 0.05) is 29.9 Å². The van der Waals surface area contributed by atoms with Crippen molar-refractivity contribution in [2.24, 2.45) is 11.1 Å². The second-order valence-electron chi connectivity index (χ2n) is 4.86. The van der Waals surface area contributed by atoms with E-state index >= 15 is 0 Å². The Morgan fingerprint density at radius 2 is 2.30 bits per heavy atom. The van der Waals surface area contributed by atoms with Crippen molar-refractivity contribution in [1.82, 2.24) is 4.90 Å². The van der Waals surface area contributed by atoms with Crippen molar-refractivity contribution in [2.75, 3.05) is 13.1 Å². The zero-order valence-corrected chi connectivity index (χ0v) is 12.8. The summed E-state index contributed by atoms with van der Waals surface area (Å²) in [7, 11) is 0. The van der Waals surface area contributed by atoms with Crippen LogP contribution in [0.3, 0.4) is 0 Å². The highest BCUT2D eigenvalue weighted by molar-refractivity contribution is 9.10. The van der Waals surface area contributed by atoms with Crippen LogP contribution >= 0.6 is 15.9 Å². The molecule has 1 atom stereocenters. The Bertz CT molecular complexity index is 545. The maximum atomic E-state index is 12.4. The molecule has 1 heterocycles. The lowest BCUT2D eigenvalue weighted by atomic mass is 9.93. The highest BCUT2D eigenvalue weighted by Gasteiger charge is 2.29. The molecule has 6 heteroatoms. The van der Waals surface area contributed by atoms with E-state index in [9.17, 15) is 9.90 Å². The van der Waals surface area contributed by atoms with Crippen molar-refractivity contribution in [2.45, 2.75) is 19.8 Å². The van der Waals surface area contributed by atoms with Gasteiger partial charge < -0.3 is 15.2 Å². The van der Waals surface area contributed by atoms with Crippen molar-refractivity contribution >= 4 is 27.5 Å². The van der Waals surface area contributed by atoms with Crippen LogP contribution < -0.4 is 0 Å². The van der Waals surface area contributed by atoms with Crippen LogP contribution in [-0.2, 0) is 0 Å². The van der Waals surface area contributed by atoms with E-state index in [0.717, 1.165) is 16.6 Å². The summed E-state index contributed by atoms with van der Waals surface area (Å²) < 4.78 is 0.728. The van der Waals surface area contributed by atoms with Crippen LogP contribution in [0, 0.1) is 5.92 Å². The number of halogens is 1. The van der Waals surface area contributed by atoms with E-state index in [1.165, 1.54) is 6.07 Å². The number of phenols is 1. The molecule has 0 spiro atoms. The first-order valence-corrected chi connectivity index (χ1v) is 7.34. The first-order valence-electron chi connectivity index (χ1n) is 6.55. The van der Waals surface area contributed by atoms with Crippen LogP contribution in [0.15, 0.2) is 27.8 Å². The fraction of sp³-hybridized carbons (Fsp3) is 0.429. The molecule has 1 amide bonds. The van der Waals surface area contributed by atoms with Crippen LogP contribution in [0.5, 0.6) is 5.75 Å². The minimum Gasteiger partial charge on any atom is -0.507 e. The van der Waals surface area contributed by atoms with Crippen molar-refractivity contribution < 1.29 is 15.1 Å². The number of carbonyl (C=O) groups excluding carboxylic acids is 1. The number of hydrogen-bond donors (Lipinski definition) is 2. The molecular weight excluding hydrogens is 324 g/mol. The Balaban J connectivity index is 2.18. The van der Waals surface area contributed by atoms with Gasteiger partial charge in [0.1, 0.15) is 5.75 Å². The summed E-state index contributed by atoms with van der Waals surface area (Å²) in [4.78, 5) is 14.1. The molecular formula is C14H17BrN2O3. The van der Waals surface area contributed by atoms with Crippen molar-refractivity contribution in [3.8, 4) is 5.75 Å². The van der Waals surface area contributed by atoms with Gasteiger partial charge in [-0.3, -0.25) is 4.79 Å². The number of carbonyl (C=O) groups is 1. The van der Waals surface area contributed by atoms with Gasteiger partial charge in [-0.25, -0.2) is 0 Å². The quantitative estimate of drug-likeness (QED) is 0.642. The number of oxime groups is 1. The fourth-order valence-electron chi connectivity index (χ4n) is 2.45. The van der Waals surface area contributed by atoms with E-state index in [-0.39, 0.29) is 17.6 Å². The third-order valence-corrected chi connectivity index (χ3v) is 4.14. The molecule has 1 fully saturated rings. The third-order valence-electron chi connectivity index (χ3n) is 3.65. The van der Waals surface area contributed by atoms with Crippen molar-refractivity contribution in [1.29, 1.82) is 0 Å². The molecule has 0 radical (unpaired) electrons. The van der Waals surface area contributed by atoms with Crippen LogP contribution in [0.1, 0.15) is 30.1 Å². The third kappa shape index (κ3) is 2.95. The van der Waals surface area contributed by atoms with Gasteiger partial charge in [-0.1, -0.05) is 28.0 Å². The van der Waals surface area contributed by atoms with Crippen LogP contribution in [0.2, 0.25) is 0 Å². The largest absolute Gasteiger partial charge is 0.507 e. The van der Waals surface area contributed by atoms with Gasteiger partial charge in [-0.15, -0.1) is 0 Å². The lowest BCUT2D eigenvalue weighted by molar-refractivity contribution is 0.0726. The van der Waals surface area contributed by atoms with E-state index in [2.05, 4.69) is 21.1 Å². The molecule has 0 aromatic heterocycles. The normalized spacial score (nSPS) is 21.2. The summed E-state index contributed by atoms with van der Waals surface area (Å²) in [5.74, 6) is -0.139. The minimum absolute atomic E-state index is 0.0287. The summed E-state index contributed by atoms with van der Waals surface area (Å²) in [6.07, 6.45) is 1.38. The molecule has 5 nitrogen and oxygen atoms in total. The lowest BCUT2D eigenvalue weighted by Gasteiger charge is -2.33. The molecule has 1 aromatic rings. The second kappa shape index (κ2) is 6.26. The maximum Gasteiger partial charge on any atom is 0.257 e. The van der Waals surface area contributed by atoms with E-state index in [1.54, 1.807) is 17.0 Å². The Kier molecular flexibility index (Phi) is 4.65. The Hall–Kier alpha value is -1.56. The van der Waals surface area contributed by atoms with E-state index in [1.807, 2.05) is 6.92 Å². The van der Waals surface area contributed by atoms with Gasteiger partial charge in [0.2, 0.25) is 0 Å². The summed E-state index contributed by atoms with van der Waals surface area (Å²) >= 11 is 3.25. The highest BCUT2D eigenvalue weighted by Crippen LogP contribution is 2.26. The number of piperidine rings is 1. The summed E-state index contributed by atoms with van der Waals surface area (Å²) in [5.41, 5.74) is 1.05. The second-order valence-corrected chi connectivity index (χ2v) is 5.77. The number of likely N-dealkylation sites (tertiary alicyclic amines) is 1. The Morgan fingerprint density at radius 3 is 2.90 bits per heavy atom. The smallest absolute Gasteiger partial charge is 0.257 e. The summed E-state index contributed by atoms with van der Waals surface area (Å²) in [6.45, 7) is 3.02. The molecule has 0 aliphatic carbocycles. The minimum atomic E-state index is -0.189. The number of amides is 1. The predicted octanol–water partition coefficient (Wildman–Crippen LogP) is 2.86. The van der Waals surface area contributed by atoms with Crippen LogP contribution in [0.25, 0.3) is 0 Å². The molecule has 2 N–H and O–H groups in total. The molecule has 108 valence electrons. The van der Waals surface area contributed by atoms with Gasteiger partial charge in [0.15, 0.2) is 0 Å². The number of nitrogens with zero attached hydrogens (tertiary/aromatic N) is 2. The van der Waals surface area contributed by atoms with Crippen molar-refractivity contribution in [3.63, 3.8) is 0 Å². The Morgan fingerprint density at radius 1 is 1.55 bits per heavy atom. The molecule has 1 unspecified atom stereocenters.